The third-order valence-corrected chi connectivity index (χ3v) is 3.53. The molecule has 1 aromatic heterocycles. The van der Waals surface area contributed by atoms with Gasteiger partial charge in [-0.1, -0.05) is 6.07 Å². The van der Waals surface area contributed by atoms with Gasteiger partial charge in [-0.3, -0.25) is 0 Å². The maximum absolute atomic E-state index is 3.23. The molecule has 1 aliphatic rings. The van der Waals surface area contributed by atoms with Crippen molar-refractivity contribution in [3.05, 3.63) is 36.0 Å². The lowest BCUT2D eigenvalue weighted by Gasteiger charge is -2.14. The van der Waals surface area contributed by atoms with Gasteiger partial charge in [-0.2, -0.15) is 0 Å². The SMILES string of the molecule is c1cc2cc(CCN3CCCC3)ccc2[nH]1. The van der Waals surface area contributed by atoms with E-state index in [0.29, 0.717) is 0 Å². The smallest absolute Gasteiger partial charge is 0.0454 e. The number of hydrogen-bond donors (Lipinski definition) is 1. The minimum absolute atomic E-state index is 1.18. The number of fused-ring (bicyclic) bond motifs is 1. The number of hydrogen-bond acceptors (Lipinski definition) is 1. The molecule has 0 aliphatic carbocycles. The molecule has 2 nitrogen and oxygen atoms in total. The van der Waals surface area contributed by atoms with Crippen LogP contribution in [-0.2, 0) is 6.42 Å². The number of nitrogens with zero attached hydrogens (tertiary/aromatic N) is 1. The van der Waals surface area contributed by atoms with Gasteiger partial charge >= 0.3 is 0 Å². The number of H-pyrrole nitrogens is 1. The maximum atomic E-state index is 3.23. The lowest BCUT2D eigenvalue weighted by molar-refractivity contribution is 0.343. The Bertz CT molecular complexity index is 466. The molecule has 0 spiro atoms. The third kappa shape index (κ3) is 1.98. The number of rotatable bonds is 3. The number of likely N-dealkylation sites (tertiary alicyclic amines) is 1. The fourth-order valence-electron chi connectivity index (χ4n) is 2.55. The van der Waals surface area contributed by atoms with E-state index < -0.39 is 0 Å². The summed E-state index contributed by atoms with van der Waals surface area (Å²) >= 11 is 0. The van der Waals surface area contributed by atoms with Crippen LogP contribution in [0.4, 0.5) is 0 Å². The highest BCUT2D eigenvalue weighted by molar-refractivity contribution is 5.79. The summed E-state index contributed by atoms with van der Waals surface area (Å²) < 4.78 is 0. The predicted octanol–water partition coefficient (Wildman–Crippen LogP) is 2.81. The van der Waals surface area contributed by atoms with Gasteiger partial charge in [-0.25, -0.2) is 0 Å². The molecular formula is C14H18N2. The quantitative estimate of drug-likeness (QED) is 0.832. The molecule has 1 fully saturated rings. The summed E-state index contributed by atoms with van der Waals surface area (Å²) in [5.41, 5.74) is 2.70. The van der Waals surface area contributed by atoms with E-state index in [1.54, 1.807) is 0 Å². The number of aromatic nitrogens is 1. The zero-order valence-corrected chi connectivity index (χ0v) is 9.58. The molecule has 0 saturated carbocycles. The van der Waals surface area contributed by atoms with Crippen molar-refractivity contribution in [1.82, 2.24) is 9.88 Å². The molecule has 1 aromatic carbocycles. The van der Waals surface area contributed by atoms with E-state index in [-0.39, 0.29) is 0 Å². The van der Waals surface area contributed by atoms with Crippen molar-refractivity contribution < 1.29 is 0 Å². The van der Waals surface area contributed by atoms with E-state index in [0.717, 1.165) is 0 Å². The van der Waals surface area contributed by atoms with Gasteiger partial charge in [0, 0.05) is 18.3 Å². The third-order valence-electron chi connectivity index (χ3n) is 3.53. The summed E-state index contributed by atoms with van der Waals surface area (Å²) in [6.07, 6.45) is 5.96. The van der Waals surface area contributed by atoms with E-state index >= 15 is 0 Å². The summed E-state index contributed by atoms with van der Waals surface area (Å²) in [4.78, 5) is 5.80. The minimum Gasteiger partial charge on any atom is -0.361 e. The topological polar surface area (TPSA) is 19.0 Å². The summed E-state index contributed by atoms with van der Waals surface area (Å²) in [5.74, 6) is 0. The molecule has 2 aromatic rings. The Balaban J connectivity index is 1.68. The number of nitrogens with one attached hydrogen (secondary N) is 1. The van der Waals surface area contributed by atoms with Gasteiger partial charge in [-0.15, -0.1) is 0 Å². The van der Waals surface area contributed by atoms with Gasteiger partial charge in [0.05, 0.1) is 0 Å². The molecule has 1 aliphatic heterocycles. The fraction of sp³-hybridized carbons (Fsp3) is 0.429. The van der Waals surface area contributed by atoms with Crippen LogP contribution in [0.3, 0.4) is 0 Å². The Labute approximate surface area is 96.3 Å². The van der Waals surface area contributed by atoms with Gasteiger partial charge < -0.3 is 9.88 Å². The average Bonchev–Trinajstić information content (AvgIpc) is 2.97. The van der Waals surface area contributed by atoms with Crippen LogP contribution in [0.2, 0.25) is 0 Å². The van der Waals surface area contributed by atoms with Crippen molar-refractivity contribution in [2.75, 3.05) is 19.6 Å². The van der Waals surface area contributed by atoms with Crippen molar-refractivity contribution >= 4 is 10.9 Å². The second-order valence-corrected chi connectivity index (χ2v) is 4.70. The van der Waals surface area contributed by atoms with Crippen LogP contribution in [0.5, 0.6) is 0 Å². The summed E-state index contributed by atoms with van der Waals surface area (Å²) in [7, 11) is 0. The number of benzene rings is 1. The zero-order chi connectivity index (χ0) is 10.8. The molecule has 2 heteroatoms. The molecule has 2 heterocycles. The largest absolute Gasteiger partial charge is 0.361 e. The maximum Gasteiger partial charge on any atom is 0.0454 e. The van der Waals surface area contributed by atoms with Crippen molar-refractivity contribution in [2.24, 2.45) is 0 Å². The highest BCUT2D eigenvalue weighted by Crippen LogP contribution is 2.15. The molecule has 0 unspecified atom stereocenters. The molecular weight excluding hydrogens is 196 g/mol. The van der Waals surface area contributed by atoms with Crippen molar-refractivity contribution in [3.63, 3.8) is 0 Å². The van der Waals surface area contributed by atoms with Gasteiger partial charge in [0.2, 0.25) is 0 Å². The Morgan fingerprint density at radius 1 is 1.12 bits per heavy atom. The van der Waals surface area contributed by atoms with Crippen LogP contribution in [0.1, 0.15) is 18.4 Å². The highest BCUT2D eigenvalue weighted by Gasteiger charge is 2.10. The highest BCUT2D eigenvalue weighted by atomic mass is 15.1. The second kappa shape index (κ2) is 4.30. The lowest BCUT2D eigenvalue weighted by Crippen LogP contribution is -2.21. The van der Waals surface area contributed by atoms with Crippen LogP contribution in [0.15, 0.2) is 30.5 Å². The first-order chi connectivity index (χ1) is 7.92. The van der Waals surface area contributed by atoms with Crippen LogP contribution < -0.4 is 0 Å². The molecule has 1 N–H and O–H groups in total. The van der Waals surface area contributed by atoms with Crippen molar-refractivity contribution in [3.8, 4) is 0 Å². The summed E-state index contributed by atoms with van der Waals surface area (Å²) in [5, 5.41) is 1.33. The average molecular weight is 214 g/mol. The molecule has 1 saturated heterocycles. The van der Waals surface area contributed by atoms with Crippen LogP contribution >= 0.6 is 0 Å². The van der Waals surface area contributed by atoms with E-state index in [1.165, 1.54) is 55.4 Å². The molecule has 0 atom stereocenters. The first-order valence-electron chi connectivity index (χ1n) is 6.20. The molecule has 0 bridgehead atoms. The molecule has 3 rings (SSSR count). The normalized spacial score (nSPS) is 17.2. The lowest BCUT2D eigenvalue weighted by atomic mass is 10.1. The summed E-state index contributed by atoms with van der Waals surface area (Å²) in [6.45, 7) is 3.81. The van der Waals surface area contributed by atoms with Crippen LogP contribution in [0.25, 0.3) is 10.9 Å². The Hall–Kier alpha value is -1.28. The molecule has 0 radical (unpaired) electrons. The Morgan fingerprint density at radius 2 is 2.00 bits per heavy atom. The molecule has 16 heavy (non-hydrogen) atoms. The van der Waals surface area contributed by atoms with E-state index in [2.05, 4.69) is 34.1 Å². The predicted molar refractivity (Wildman–Crippen MR) is 67.7 cm³/mol. The van der Waals surface area contributed by atoms with Crippen molar-refractivity contribution in [1.29, 1.82) is 0 Å². The van der Waals surface area contributed by atoms with Gasteiger partial charge in [0.15, 0.2) is 0 Å². The molecule has 0 amide bonds. The monoisotopic (exact) mass is 214 g/mol. The zero-order valence-electron chi connectivity index (χ0n) is 9.58. The van der Waals surface area contributed by atoms with E-state index in [4.69, 9.17) is 0 Å². The number of aromatic amines is 1. The van der Waals surface area contributed by atoms with E-state index in [1.807, 2.05) is 6.20 Å². The molecule has 84 valence electrons. The summed E-state index contributed by atoms with van der Waals surface area (Å²) in [6, 6.07) is 8.89. The Morgan fingerprint density at radius 3 is 2.88 bits per heavy atom. The Kier molecular flexibility index (Phi) is 2.66. The van der Waals surface area contributed by atoms with Gasteiger partial charge in [-0.05, 0) is 61.5 Å². The van der Waals surface area contributed by atoms with Gasteiger partial charge in [0.25, 0.3) is 0 Å². The van der Waals surface area contributed by atoms with Crippen molar-refractivity contribution in [2.45, 2.75) is 19.3 Å². The second-order valence-electron chi connectivity index (χ2n) is 4.70. The fourth-order valence-corrected chi connectivity index (χ4v) is 2.55. The standard InChI is InChI=1S/C14H18N2/c1-2-9-16(8-1)10-6-12-3-4-14-13(11-12)5-7-15-14/h3-5,7,11,15H,1-2,6,8-10H2. The minimum atomic E-state index is 1.18. The van der Waals surface area contributed by atoms with E-state index in [9.17, 15) is 0 Å². The van der Waals surface area contributed by atoms with Crippen LogP contribution in [-0.4, -0.2) is 29.5 Å². The van der Waals surface area contributed by atoms with Crippen LogP contribution in [0, 0.1) is 0 Å². The first kappa shape index (κ1) is 9.91. The first-order valence-corrected chi connectivity index (χ1v) is 6.20. The van der Waals surface area contributed by atoms with Gasteiger partial charge in [0.1, 0.15) is 0 Å².